The number of aryl methyl sites for hydroxylation is 1. The van der Waals surface area contributed by atoms with Gasteiger partial charge in [-0.15, -0.1) is 0 Å². The molecule has 1 N–H and O–H groups in total. The minimum absolute atomic E-state index is 0.0424. The molecule has 0 saturated heterocycles. The molecule has 0 atom stereocenters. The molecule has 2 heterocycles. The number of halogens is 1. The Kier molecular flexibility index (Phi) is 2.86. The molecule has 0 aliphatic carbocycles. The van der Waals surface area contributed by atoms with Crippen molar-refractivity contribution in [2.24, 2.45) is 0 Å². The first kappa shape index (κ1) is 11.3. The number of hydrogen-bond donors (Lipinski definition) is 1. The van der Waals surface area contributed by atoms with Gasteiger partial charge in [0.1, 0.15) is 11.4 Å². The van der Waals surface area contributed by atoms with Crippen LogP contribution in [0.1, 0.15) is 23.1 Å². The van der Waals surface area contributed by atoms with Gasteiger partial charge in [0.25, 0.3) is 0 Å². The number of pyridine rings is 1. The van der Waals surface area contributed by atoms with Gasteiger partial charge in [0.15, 0.2) is 11.6 Å². The van der Waals surface area contributed by atoms with E-state index < -0.39 is 17.3 Å². The maximum absolute atomic E-state index is 13.9. The molecule has 17 heavy (non-hydrogen) atoms. The molecule has 2 rings (SSSR count). The molecule has 2 aromatic heterocycles. The third-order valence-electron chi connectivity index (χ3n) is 2.36. The van der Waals surface area contributed by atoms with E-state index in [0.717, 1.165) is 6.07 Å². The van der Waals surface area contributed by atoms with Crippen molar-refractivity contribution in [2.75, 3.05) is 0 Å². The molecule has 88 valence electrons. The lowest BCUT2D eigenvalue weighted by Gasteiger charge is -2.07. The SMILES string of the molecule is CCc1nccn1-c1nccc(C(=O)O)c1F. The molecular formula is C11H10FN3O2. The van der Waals surface area contributed by atoms with Gasteiger partial charge < -0.3 is 5.11 Å². The van der Waals surface area contributed by atoms with Crippen molar-refractivity contribution in [3.8, 4) is 5.82 Å². The van der Waals surface area contributed by atoms with Gasteiger partial charge in [0.05, 0.1) is 0 Å². The lowest BCUT2D eigenvalue weighted by atomic mass is 10.2. The topological polar surface area (TPSA) is 68.0 Å². The molecule has 0 saturated carbocycles. The van der Waals surface area contributed by atoms with Crippen LogP contribution in [-0.2, 0) is 6.42 Å². The van der Waals surface area contributed by atoms with E-state index in [0.29, 0.717) is 12.2 Å². The maximum atomic E-state index is 13.9. The average molecular weight is 235 g/mol. The second kappa shape index (κ2) is 4.32. The van der Waals surface area contributed by atoms with E-state index in [1.807, 2.05) is 6.92 Å². The molecule has 6 heteroatoms. The molecule has 0 fully saturated rings. The van der Waals surface area contributed by atoms with Crippen molar-refractivity contribution in [1.82, 2.24) is 14.5 Å². The van der Waals surface area contributed by atoms with Gasteiger partial charge in [-0.05, 0) is 6.07 Å². The zero-order valence-electron chi connectivity index (χ0n) is 9.09. The summed E-state index contributed by atoms with van der Waals surface area (Å²) in [4.78, 5) is 18.7. The minimum Gasteiger partial charge on any atom is -0.478 e. The minimum atomic E-state index is -1.32. The number of carboxylic acids is 1. The smallest absolute Gasteiger partial charge is 0.338 e. The molecule has 0 bridgehead atoms. The second-order valence-corrected chi connectivity index (χ2v) is 3.37. The summed E-state index contributed by atoms with van der Waals surface area (Å²) in [6.07, 6.45) is 4.94. The fourth-order valence-electron chi connectivity index (χ4n) is 1.55. The quantitative estimate of drug-likeness (QED) is 0.878. The summed E-state index contributed by atoms with van der Waals surface area (Å²) in [5, 5.41) is 8.82. The first-order valence-corrected chi connectivity index (χ1v) is 5.05. The predicted octanol–water partition coefficient (Wildman–Crippen LogP) is 1.67. The number of carbonyl (C=O) groups is 1. The fraction of sp³-hybridized carbons (Fsp3) is 0.182. The van der Waals surface area contributed by atoms with E-state index in [1.54, 1.807) is 6.20 Å². The number of rotatable bonds is 3. The molecule has 2 aromatic rings. The van der Waals surface area contributed by atoms with Crippen LogP contribution in [-0.4, -0.2) is 25.6 Å². The monoisotopic (exact) mass is 235 g/mol. The molecular weight excluding hydrogens is 225 g/mol. The van der Waals surface area contributed by atoms with E-state index in [4.69, 9.17) is 5.11 Å². The Morgan fingerprint density at radius 1 is 1.47 bits per heavy atom. The Morgan fingerprint density at radius 2 is 2.24 bits per heavy atom. The lowest BCUT2D eigenvalue weighted by Crippen LogP contribution is -2.09. The van der Waals surface area contributed by atoms with Crippen molar-refractivity contribution in [1.29, 1.82) is 0 Å². The first-order chi connectivity index (χ1) is 8.15. The van der Waals surface area contributed by atoms with E-state index in [1.165, 1.54) is 17.0 Å². The van der Waals surface area contributed by atoms with Crippen molar-refractivity contribution in [2.45, 2.75) is 13.3 Å². The van der Waals surface area contributed by atoms with Gasteiger partial charge in [-0.3, -0.25) is 4.57 Å². The average Bonchev–Trinajstić information content (AvgIpc) is 2.76. The third-order valence-corrected chi connectivity index (χ3v) is 2.36. The van der Waals surface area contributed by atoms with Crippen LogP contribution >= 0.6 is 0 Å². The summed E-state index contributed by atoms with van der Waals surface area (Å²) in [7, 11) is 0. The van der Waals surface area contributed by atoms with Crippen LogP contribution in [0.4, 0.5) is 4.39 Å². The summed E-state index contributed by atoms with van der Waals surface area (Å²) in [5.74, 6) is -1.59. The van der Waals surface area contributed by atoms with Crippen LogP contribution in [0, 0.1) is 5.82 Å². The molecule has 0 aliphatic rings. The summed E-state index contributed by atoms with van der Waals surface area (Å²) < 4.78 is 15.4. The summed E-state index contributed by atoms with van der Waals surface area (Å²) in [5.41, 5.74) is -0.397. The van der Waals surface area contributed by atoms with Crippen LogP contribution in [0.5, 0.6) is 0 Å². The molecule has 0 spiro atoms. The molecule has 0 unspecified atom stereocenters. The third kappa shape index (κ3) is 1.89. The zero-order valence-corrected chi connectivity index (χ0v) is 9.09. The van der Waals surface area contributed by atoms with Gasteiger partial charge >= 0.3 is 5.97 Å². The number of imidazole rings is 1. The van der Waals surface area contributed by atoms with Gasteiger partial charge in [-0.25, -0.2) is 19.2 Å². The molecule has 0 radical (unpaired) electrons. The van der Waals surface area contributed by atoms with E-state index in [9.17, 15) is 9.18 Å². The Balaban J connectivity index is 2.60. The highest BCUT2D eigenvalue weighted by molar-refractivity contribution is 5.88. The highest BCUT2D eigenvalue weighted by Crippen LogP contribution is 2.16. The largest absolute Gasteiger partial charge is 0.478 e. The molecule has 5 nitrogen and oxygen atoms in total. The Labute approximate surface area is 96.6 Å². The highest BCUT2D eigenvalue weighted by atomic mass is 19.1. The zero-order chi connectivity index (χ0) is 12.4. The van der Waals surface area contributed by atoms with E-state index >= 15 is 0 Å². The number of carboxylic acid groups (broad SMARTS) is 1. The van der Waals surface area contributed by atoms with Gasteiger partial charge in [0.2, 0.25) is 0 Å². The Hall–Kier alpha value is -2.24. The normalized spacial score (nSPS) is 10.5. The van der Waals surface area contributed by atoms with Crippen molar-refractivity contribution in [3.63, 3.8) is 0 Å². The Bertz CT molecular complexity index is 566. The van der Waals surface area contributed by atoms with Crippen LogP contribution < -0.4 is 0 Å². The number of hydrogen-bond acceptors (Lipinski definition) is 3. The van der Waals surface area contributed by atoms with Gasteiger partial charge in [0, 0.05) is 25.0 Å². The predicted molar refractivity (Wildman–Crippen MR) is 57.7 cm³/mol. The highest BCUT2D eigenvalue weighted by Gasteiger charge is 2.17. The van der Waals surface area contributed by atoms with Crippen molar-refractivity contribution in [3.05, 3.63) is 41.9 Å². The maximum Gasteiger partial charge on any atom is 0.338 e. The number of aromatic carboxylic acids is 1. The van der Waals surface area contributed by atoms with E-state index in [2.05, 4.69) is 9.97 Å². The van der Waals surface area contributed by atoms with Crippen molar-refractivity contribution >= 4 is 5.97 Å². The molecule has 0 amide bonds. The number of aromatic nitrogens is 3. The summed E-state index contributed by atoms with van der Waals surface area (Å²) in [6.45, 7) is 1.87. The standard InChI is InChI=1S/C11H10FN3O2/c1-2-8-13-5-6-15(8)10-9(12)7(11(16)17)3-4-14-10/h3-6H,2H2,1H3,(H,16,17). The molecule has 0 aliphatic heterocycles. The van der Waals surface area contributed by atoms with Crippen LogP contribution in [0.25, 0.3) is 5.82 Å². The van der Waals surface area contributed by atoms with E-state index in [-0.39, 0.29) is 5.82 Å². The van der Waals surface area contributed by atoms with Crippen LogP contribution in [0.15, 0.2) is 24.7 Å². The summed E-state index contributed by atoms with van der Waals surface area (Å²) in [6, 6.07) is 1.13. The number of nitrogens with zero attached hydrogens (tertiary/aromatic N) is 3. The lowest BCUT2D eigenvalue weighted by molar-refractivity contribution is 0.0691. The van der Waals surface area contributed by atoms with Crippen LogP contribution in [0.2, 0.25) is 0 Å². The molecule has 0 aromatic carbocycles. The van der Waals surface area contributed by atoms with Gasteiger partial charge in [-0.1, -0.05) is 6.92 Å². The van der Waals surface area contributed by atoms with Gasteiger partial charge in [-0.2, -0.15) is 0 Å². The first-order valence-electron chi connectivity index (χ1n) is 5.05. The Morgan fingerprint density at radius 3 is 2.88 bits per heavy atom. The van der Waals surface area contributed by atoms with Crippen LogP contribution in [0.3, 0.4) is 0 Å². The van der Waals surface area contributed by atoms with Crippen molar-refractivity contribution < 1.29 is 14.3 Å². The summed E-state index contributed by atoms with van der Waals surface area (Å²) >= 11 is 0. The second-order valence-electron chi connectivity index (χ2n) is 3.37. The fourth-order valence-corrected chi connectivity index (χ4v) is 1.55.